The van der Waals surface area contributed by atoms with Gasteiger partial charge < -0.3 is 31.8 Å². The van der Waals surface area contributed by atoms with Crippen molar-refractivity contribution in [1.82, 2.24) is 4.98 Å². The predicted octanol–water partition coefficient (Wildman–Crippen LogP) is 5.14. The molecule has 0 bridgehead atoms. The van der Waals surface area contributed by atoms with Crippen LogP contribution in [0.1, 0.15) is 31.2 Å². The number of ether oxygens (including phenoxy) is 1. The van der Waals surface area contributed by atoms with Gasteiger partial charge in [-0.15, -0.1) is 0 Å². The van der Waals surface area contributed by atoms with Crippen molar-refractivity contribution in [2.24, 2.45) is 16.7 Å². The third-order valence-electron chi connectivity index (χ3n) is 6.75. The molecule has 0 atom stereocenters. The Bertz CT molecular complexity index is 1340. The summed E-state index contributed by atoms with van der Waals surface area (Å²) in [5.74, 6) is 2.90. The van der Waals surface area contributed by atoms with E-state index >= 15 is 0 Å². The van der Waals surface area contributed by atoms with Crippen LogP contribution >= 0.6 is 0 Å². The first-order valence-corrected chi connectivity index (χ1v) is 12.8. The second-order valence-electron chi connectivity index (χ2n) is 9.52. The number of halogens is 3. The molecule has 6 N–H and O–H groups in total. The zero-order valence-corrected chi connectivity index (χ0v) is 22.0. The molecule has 0 radical (unpaired) electrons. The summed E-state index contributed by atoms with van der Waals surface area (Å²) < 4.78 is 46.5. The van der Waals surface area contributed by atoms with E-state index in [4.69, 9.17) is 21.3 Å². The van der Waals surface area contributed by atoms with E-state index in [1.165, 1.54) is 24.3 Å². The lowest BCUT2D eigenvalue weighted by molar-refractivity contribution is -0.0383. The van der Waals surface area contributed by atoms with E-state index in [-0.39, 0.29) is 37.6 Å². The lowest BCUT2D eigenvalue weighted by atomic mass is 9.91. The second kappa shape index (κ2) is 12.7. The van der Waals surface area contributed by atoms with Gasteiger partial charge in [0.25, 0.3) is 0 Å². The highest BCUT2D eigenvalue weighted by atomic mass is 19.3. The van der Waals surface area contributed by atoms with E-state index in [2.05, 4.69) is 15.7 Å². The number of hydrogen-bond acceptors (Lipinski definition) is 6. The van der Waals surface area contributed by atoms with Gasteiger partial charge in [-0.3, -0.25) is 0 Å². The van der Waals surface area contributed by atoms with Crippen LogP contribution in [-0.2, 0) is 4.74 Å². The van der Waals surface area contributed by atoms with E-state index in [1.54, 1.807) is 43.5 Å². The molecule has 0 unspecified atom stereocenters. The number of nitrogens with zero attached hydrogens (tertiary/aromatic N) is 3. The van der Waals surface area contributed by atoms with Crippen LogP contribution in [0.2, 0.25) is 0 Å². The number of nitrogens with one attached hydrogen (secondary N) is 2. The number of amides is 2. The minimum Gasteiger partial charge on any atom is -0.383 e. The summed E-state index contributed by atoms with van der Waals surface area (Å²) in [5, 5.41) is 9.07. The summed E-state index contributed by atoms with van der Waals surface area (Å²) in [6.07, 6.45) is 0.107. The number of rotatable bonds is 9. The highest BCUT2D eigenvalue weighted by molar-refractivity contribution is 6.04. The van der Waals surface area contributed by atoms with Crippen molar-refractivity contribution < 1.29 is 22.7 Å². The fourth-order valence-electron chi connectivity index (χ4n) is 4.71. The monoisotopic (exact) mass is 555 g/mol. The Labute approximate surface area is 230 Å². The number of nitrogens with two attached hydrogens (primary N) is 2. The first kappa shape index (κ1) is 28.7. The number of carbonyl (C=O) groups excluding carboxylic acids is 1. The highest BCUT2D eigenvalue weighted by Crippen LogP contribution is 2.37. The number of aromatic nitrogens is 1. The number of methoxy groups -OCH3 is 1. The number of pyridine rings is 1. The van der Waals surface area contributed by atoms with Gasteiger partial charge in [-0.2, -0.15) is 5.10 Å². The average Bonchev–Trinajstić information content (AvgIpc) is 2.94. The molecular weight excluding hydrogens is 523 g/mol. The van der Waals surface area contributed by atoms with Crippen molar-refractivity contribution in [2.75, 3.05) is 35.8 Å². The zero-order valence-electron chi connectivity index (χ0n) is 22.0. The van der Waals surface area contributed by atoms with E-state index in [0.717, 1.165) is 0 Å². The van der Waals surface area contributed by atoms with Crippen LogP contribution in [0.5, 0.6) is 0 Å². The molecule has 2 aromatic carbocycles. The Balaban J connectivity index is 1.74. The summed E-state index contributed by atoms with van der Waals surface area (Å²) in [6.45, 7) is 0.744. The molecule has 212 valence electrons. The SMILES string of the molecule is COCCN(c1cc(NC(=O)Nc2ccc(F)cc2)cc(-c2ccccc2/C(N)=N/N)n1)C1CCC(F)(F)CC1. The molecule has 40 heavy (non-hydrogen) atoms. The summed E-state index contributed by atoms with van der Waals surface area (Å²) in [7, 11) is 1.56. The van der Waals surface area contributed by atoms with E-state index in [0.29, 0.717) is 47.2 Å². The third kappa shape index (κ3) is 7.20. The van der Waals surface area contributed by atoms with Gasteiger partial charge in [-0.05, 0) is 43.2 Å². The van der Waals surface area contributed by atoms with Gasteiger partial charge >= 0.3 is 6.03 Å². The topological polar surface area (TPSA) is 131 Å². The number of benzene rings is 2. The standard InChI is InChI=1S/C28H32F3N7O2/c1-40-15-14-38(21-10-12-28(30,31)13-11-21)25-17-20(35-27(39)34-19-8-6-18(29)7-9-19)16-24(36-25)22-4-2-3-5-23(22)26(32)37-33/h2-9,16-17,21H,10-15,33H2,1H3,(H2,32,37)(H2,34,35,36,39). The van der Waals surface area contributed by atoms with Crippen molar-refractivity contribution in [3.63, 3.8) is 0 Å². The van der Waals surface area contributed by atoms with Gasteiger partial charge in [0.1, 0.15) is 11.6 Å². The fourth-order valence-corrected chi connectivity index (χ4v) is 4.71. The molecule has 0 saturated heterocycles. The van der Waals surface area contributed by atoms with Crippen LogP contribution < -0.4 is 27.1 Å². The van der Waals surface area contributed by atoms with E-state index in [9.17, 15) is 18.0 Å². The fraction of sp³-hybridized carbons (Fsp3) is 0.321. The van der Waals surface area contributed by atoms with Gasteiger partial charge in [-0.1, -0.05) is 24.3 Å². The Morgan fingerprint density at radius 3 is 2.45 bits per heavy atom. The van der Waals surface area contributed by atoms with Crippen molar-refractivity contribution >= 4 is 29.1 Å². The predicted molar refractivity (Wildman–Crippen MR) is 150 cm³/mol. The molecule has 9 nitrogen and oxygen atoms in total. The number of anilines is 3. The van der Waals surface area contributed by atoms with Gasteiger partial charge in [-0.25, -0.2) is 22.9 Å². The van der Waals surface area contributed by atoms with Crippen molar-refractivity contribution in [2.45, 2.75) is 37.6 Å². The highest BCUT2D eigenvalue weighted by Gasteiger charge is 2.37. The molecule has 0 aliphatic heterocycles. The molecule has 1 fully saturated rings. The Hall–Kier alpha value is -4.32. The van der Waals surface area contributed by atoms with Crippen molar-refractivity contribution in [3.05, 3.63) is 72.0 Å². The van der Waals surface area contributed by atoms with E-state index < -0.39 is 17.8 Å². The molecule has 2 amide bonds. The summed E-state index contributed by atoms with van der Waals surface area (Å²) >= 11 is 0. The zero-order chi connectivity index (χ0) is 28.7. The van der Waals surface area contributed by atoms with Gasteiger partial charge in [0.2, 0.25) is 5.92 Å². The summed E-state index contributed by atoms with van der Waals surface area (Å²) in [5.41, 5.74) is 8.44. The van der Waals surface area contributed by atoms with Gasteiger partial charge in [0, 0.05) is 61.1 Å². The number of alkyl halides is 2. The molecule has 12 heteroatoms. The molecule has 1 saturated carbocycles. The molecule has 1 heterocycles. The normalized spacial score (nSPS) is 15.4. The van der Waals surface area contributed by atoms with Gasteiger partial charge in [0.05, 0.1) is 12.3 Å². The lowest BCUT2D eigenvalue weighted by Gasteiger charge is -2.38. The number of hydrazone groups is 1. The van der Waals surface area contributed by atoms with E-state index in [1.807, 2.05) is 4.90 Å². The Kier molecular flexibility index (Phi) is 9.10. The van der Waals surface area contributed by atoms with Crippen LogP contribution in [0.3, 0.4) is 0 Å². The second-order valence-corrected chi connectivity index (χ2v) is 9.52. The number of amidine groups is 1. The minimum absolute atomic E-state index is 0.0946. The molecular formula is C28H32F3N7O2. The molecule has 1 aromatic heterocycles. The maximum Gasteiger partial charge on any atom is 0.323 e. The maximum absolute atomic E-state index is 14.0. The lowest BCUT2D eigenvalue weighted by Crippen LogP contribution is -2.43. The quantitative estimate of drug-likeness (QED) is 0.125. The van der Waals surface area contributed by atoms with Crippen LogP contribution in [0.15, 0.2) is 65.8 Å². The first-order chi connectivity index (χ1) is 19.2. The largest absolute Gasteiger partial charge is 0.383 e. The Morgan fingerprint density at radius 1 is 1.10 bits per heavy atom. The van der Waals surface area contributed by atoms with Crippen LogP contribution in [0, 0.1) is 5.82 Å². The summed E-state index contributed by atoms with van der Waals surface area (Å²) in [6, 6.07) is 15.1. The molecule has 1 aliphatic carbocycles. The van der Waals surface area contributed by atoms with Crippen LogP contribution in [-0.4, -0.2) is 49.1 Å². The molecule has 0 spiro atoms. The van der Waals surface area contributed by atoms with Gasteiger partial charge in [0.15, 0.2) is 5.84 Å². The molecule has 3 aromatic rings. The van der Waals surface area contributed by atoms with Crippen molar-refractivity contribution in [1.29, 1.82) is 0 Å². The van der Waals surface area contributed by atoms with Crippen LogP contribution in [0.4, 0.5) is 35.2 Å². The van der Waals surface area contributed by atoms with Crippen molar-refractivity contribution in [3.8, 4) is 11.3 Å². The smallest absolute Gasteiger partial charge is 0.323 e. The summed E-state index contributed by atoms with van der Waals surface area (Å²) in [4.78, 5) is 19.7. The number of hydrogen-bond donors (Lipinski definition) is 4. The maximum atomic E-state index is 14.0. The average molecular weight is 556 g/mol. The molecule has 1 aliphatic rings. The third-order valence-corrected chi connectivity index (χ3v) is 6.75. The number of carbonyl (C=O) groups is 1. The van der Waals surface area contributed by atoms with Crippen LogP contribution in [0.25, 0.3) is 11.3 Å². The minimum atomic E-state index is -2.69. The molecule has 4 rings (SSSR count). The Morgan fingerprint density at radius 2 is 1.77 bits per heavy atom. The first-order valence-electron chi connectivity index (χ1n) is 12.8. The number of urea groups is 1.